The third-order valence-electron chi connectivity index (χ3n) is 2.32. The second-order valence-electron chi connectivity index (χ2n) is 3.75. The van der Waals surface area contributed by atoms with E-state index >= 15 is 0 Å². The first-order chi connectivity index (χ1) is 9.60. The largest absolute Gasteiger partial charge is 0.321 e. The summed E-state index contributed by atoms with van der Waals surface area (Å²) in [6, 6.07) is 8.43. The molecule has 2 rings (SSSR count). The highest BCUT2D eigenvalue weighted by atomic mass is 35.5. The number of amides is 1. The predicted molar refractivity (Wildman–Crippen MR) is 84.7 cm³/mol. The molecule has 1 aromatic carbocycles. The van der Waals surface area contributed by atoms with E-state index in [9.17, 15) is 4.79 Å². The van der Waals surface area contributed by atoms with Gasteiger partial charge in [-0.2, -0.15) is 0 Å². The number of halogens is 2. The fourth-order valence-electron chi connectivity index (χ4n) is 1.43. The van der Waals surface area contributed by atoms with E-state index in [0.717, 1.165) is 4.88 Å². The Morgan fingerprint density at radius 1 is 1.25 bits per heavy atom. The maximum atomic E-state index is 12.0. The van der Waals surface area contributed by atoms with Gasteiger partial charge in [-0.3, -0.25) is 4.79 Å². The first-order valence-corrected chi connectivity index (χ1v) is 7.22. The Hall–Kier alpha value is -1.51. The van der Waals surface area contributed by atoms with Gasteiger partial charge >= 0.3 is 0 Å². The minimum absolute atomic E-state index is 0.214. The molecule has 0 radical (unpaired) electrons. The number of carbonyl (C=O) groups is 1. The molecule has 0 unspecified atom stereocenters. The van der Waals surface area contributed by atoms with Gasteiger partial charge in [0, 0.05) is 5.69 Å². The highest BCUT2D eigenvalue weighted by Crippen LogP contribution is 2.25. The van der Waals surface area contributed by atoms with Crippen molar-refractivity contribution in [3.8, 4) is 11.8 Å². The maximum Gasteiger partial charge on any atom is 0.265 e. The van der Waals surface area contributed by atoms with Crippen LogP contribution in [0.25, 0.3) is 0 Å². The maximum absolute atomic E-state index is 12.0. The lowest BCUT2D eigenvalue weighted by Crippen LogP contribution is -2.09. The molecule has 0 aliphatic rings. The molecule has 0 bridgehead atoms. The highest BCUT2D eigenvalue weighted by Gasteiger charge is 2.09. The molecule has 3 N–H and O–H groups in total. The van der Waals surface area contributed by atoms with Crippen LogP contribution in [0.2, 0.25) is 10.0 Å². The van der Waals surface area contributed by atoms with Crippen LogP contribution >= 0.6 is 34.5 Å². The van der Waals surface area contributed by atoms with Crippen LogP contribution in [0.15, 0.2) is 30.3 Å². The first kappa shape index (κ1) is 14.9. The van der Waals surface area contributed by atoms with Gasteiger partial charge in [0.15, 0.2) is 0 Å². The molecule has 20 heavy (non-hydrogen) atoms. The summed E-state index contributed by atoms with van der Waals surface area (Å²) < 4.78 is 0. The predicted octanol–water partition coefficient (Wildman–Crippen LogP) is 3.62. The average molecular weight is 325 g/mol. The van der Waals surface area contributed by atoms with Crippen molar-refractivity contribution in [3.05, 3.63) is 50.1 Å². The van der Waals surface area contributed by atoms with E-state index in [-0.39, 0.29) is 5.91 Å². The van der Waals surface area contributed by atoms with E-state index in [4.69, 9.17) is 28.9 Å². The molecule has 0 spiro atoms. The molecule has 1 amide bonds. The number of hydrogen-bond acceptors (Lipinski definition) is 3. The van der Waals surface area contributed by atoms with Crippen LogP contribution in [0.1, 0.15) is 14.5 Å². The molecule has 0 saturated carbocycles. The number of nitrogens with two attached hydrogens (primary N) is 1. The molecule has 0 atom stereocenters. The molecule has 1 heterocycles. The lowest BCUT2D eigenvalue weighted by atomic mass is 10.3. The Bertz CT molecular complexity index is 701. The number of anilines is 1. The Kier molecular flexibility index (Phi) is 5.05. The van der Waals surface area contributed by atoms with Gasteiger partial charge < -0.3 is 11.1 Å². The Morgan fingerprint density at radius 2 is 2.05 bits per heavy atom. The van der Waals surface area contributed by atoms with Crippen LogP contribution < -0.4 is 11.1 Å². The Labute approximate surface area is 130 Å². The number of rotatable bonds is 2. The van der Waals surface area contributed by atoms with Crippen molar-refractivity contribution in [2.24, 2.45) is 5.73 Å². The van der Waals surface area contributed by atoms with Crippen LogP contribution in [0, 0.1) is 11.8 Å². The summed E-state index contributed by atoms with van der Waals surface area (Å²) in [7, 11) is 0. The highest BCUT2D eigenvalue weighted by molar-refractivity contribution is 7.14. The van der Waals surface area contributed by atoms with E-state index in [1.165, 1.54) is 11.3 Å². The molecule has 3 nitrogen and oxygen atoms in total. The number of thiophene rings is 1. The smallest absolute Gasteiger partial charge is 0.265 e. The average Bonchev–Trinajstić information content (AvgIpc) is 2.89. The minimum atomic E-state index is -0.214. The monoisotopic (exact) mass is 324 g/mol. The zero-order valence-corrected chi connectivity index (χ0v) is 12.6. The van der Waals surface area contributed by atoms with E-state index < -0.39 is 0 Å². The fourth-order valence-corrected chi connectivity index (χ4v) is 2.51. The zero-order valence-electron chi connectivity index (χ0n) is 10.2. The van der Waals surface area contributed by atoms with Gasteiger partial charge in [0.05, 0.1) is 26.3 Å². The normalized spacial score (nSPS) is 9.75. The zero-order chi connectivity index (χ0) is 14.5. The lowest BCUT2D eigenvalue weighted by molar-refractivity contribution is 0.103. The molecule has 0 aliphatic carbocycles. The molecular weight excluding hydrogens is 315 g/mol. The van der Waals surface area contributed by atoms with Crippen molar-refractivity contribution < 1.29 is 4.79 Å². The third kappa shape index (κ3) is 3.75. The summed E-state index contributed by atoms with van der Waals surface area (Å²) in [6.45, 7) is 0.294. The summed E-state index contributed by atoms with van der Waals surface area (Å²) in [4.78, 5) is 13.4. The first-order valence-electron chi connectivity index (χ1n) is 5.65. The minimum Gasteiger partial charge on any atom is -0.321 e. The van der Waals surface area contributed by atoms with E-state index in [1.54, 1.807) is 30.3 Å². The van der Waals surface area contributed by atoms with Crippen LogP contribution in [0.3, 0.4) is 0 Å². The van der Waals surface area contributed by atoms with Gasteiger partial charge in [-0.1, -0.05) is 35.0 Å². The molecule has 0 fully saturated rings. The summed E-state index contributed by atoms with van der Waals surface area (Å²) >= 11 is 13.0. The summed E-state index contributed by atoms with van der Waals surface area (Å²) in [6.07, 6.45) is 0. The standard InChI is InChI=1S/C14H10Cl2N2OS/c15-11-5-3-9(8-12(11)16)18-14(19)13-6-4-10(20-13)2-1-7-17/h3-6,8H,7,17H2,(H,18,19). The fraction of sp³-hybridized carbons (Fsp3) is 0.0714. The number of carbonyl (C=O) groups excluding carboxylic acids is 1. The van der Waals surface area contributed by atoms with Crippen LogP contribution in [-0.2, 0) is 0 Å². The molecule has 2 aromatic rings. The summed E-state index contributed by atoms with van der Waals surface area (Å²) in [5.74, 6) is 5.42. The van der Waals surface area contributed by atoms with Gasteiger partial charge in [0.1, 0.15) is 0 Å². The SMILES string of the molecule is NCC#Cc1ccc(C(=O)Nc2ccc(Cl)c(Cl)c2)s1. The van der Waals surface area contributed by atoms with Crippen molar-refractivity contribution in [1.29, 1.82) is 0 Å². The second kappa shape index (κ2) is 6.78. The molecule has 1 aromatic heterocycles. The molecular formula is C14H10Cl2N2OS. The number of hydrogen-bond donors (Lipinski definition) is 2. The molecule has 102 valence electrons. The second-order valence-corrected chi connectivity index (χ2v) is 5.65. The van der Waals surface area contributed by atoms with Crippen LogP contribution in [0.5, 0.6) is 0 Å². The van der Waals surface area contributed by atoms with Gasteiger partial charge in [-0.25, -0.2) is 0 Å². The quantitative estimate of drug-likeness (QED) is 0.829. The van der Waals surface area contributed by atoms with Gasteiger partial charge in [-0.05, 0) is 30.3 Å². The molecule has 0 saturated heterocycles. The Balaban J connectivity index is 2.11. The van der Waals surface area contributed by atoms with Gasteiger partial charge in [-0.15, -0.1) is 11.3 Å². The topological polar surface area (TPSA) is 55.1 Å². The summed E-state index contributed by atoms with van der Waals surface area (Å²) in [5, 5.41) is 3.59. The van der Waals surface area contributed by atoms with Crippen LogP contribution in [0.4, 0.5) is 5.69 Å². The Morgan fingerprint density at radius 3 is 2.75 bits per heavy atom. The lowest BCUT2D eigenvalue weighted by Gasteiger charge is -2.04. The number of nitrogens with one attached hydrogen (secondary N) is 1. The van der Waals surface area contributed by atoms with Crippen molar-refractivity contribution in [2.75, 3.05) is 11.9 Å². The van der Waals surface area contributed by atoms with E-state index in [2.05, 4.69) is 17.2 Å². The summed E-state index contributed by atoms with van der Waals surface area (Å²) in [5.41, 5.74) is 5.89. The van der Waals surface area contributed by atoms with Crippen molar-refractivity contribution in [1.82, 2.24) is 0 Å². The van der Waals surface area contributed by atoms with Crippen molar-refractivity contribution in [3.63, 3.8) is 0 Å². The van der Waals surface area contributed by atoms with Crippen molar-refractivity contribution in [2.45, 2.75) is 0 Å². The van der Waals surface area contributed by atoms with Crippen LogP contribution in [-0.4, -0.2) is 12.5 Å². The third-order valence-corrected chi connectivity index (χ3v) is 4.06. The van der Waals surface area contributed by atoms with E-state index in [0.29, 0.717) is 27.2 Å². The van der Waals surface area contributed by atoms with Crippen molar-refractivity contribution >= 4 is 46.1 Å². The van der Waals surface area contributed by atoms with Gasteiger partial charge in [0.25, 0.3) is 5.91 Å². The molecule has 0 aliphatic heterocycles. The number of benzene rings is 1. The van der Waals surface area contributed by atoms with Gasteiger partial charge in [0.2, 0.25) is 0 Å². The molecule has 6 heteroatoms. The van der Waals surface area contributed by atoms with E-state index in [1.807, 2.05) is 0 Å².